The van der Waals surface area contributed by atoms with E-state index in [1.165, 1.54) is 4.80 Å². The van der Waals surface area contributed by atoms with Gasteiger partial charge >= 0.3 is 0 Å². The van der Waals surface area contributed by atoms with Crippen LogP contribution in [0.1, 0.15) is 5.56 Å². The van der Waals surface area contributed by atoms with E-state index in [1.807, 2.05) is 18.2 Å². The Morgan fingerprint density at radius 3 is 1.82 bits per heavy atom. The van der Waals surface area contributed by atoms with E-state index in [-0.39, 0.29) is 19.0 Å². The molecule has 168 valence electrons. The summed E-state index contributed by atoms with van der Waals surface area (Å²) < 4.78 is 0. The van der Waals surface area contributed by atoms with E-state index in [0.717, 1.165) is 5.56 Å². The Kier molecular flexibility index (Phi) is 7.47. The van der Waals surface area contributed by atoms with Crippen molar-refractivity contribution in [2.75, 3.05) is 0 Å². The Balaban J connectivity index is 1.66. The van der Waals surface area contributed by atoms with Crippen molar-refractivity contribution in [1.29, 1.82) is 0 Å². The molecule has 3 aromatic carbocycles. The second-order valence-electron chi connectivity index (χ2n) is 7.04. The maximum atomic E-state index is 12.6. The van der Waals surface area contributed by atoms with Crippen molar-refractivity contribution in [2.45, 2.75) is 13.1 Å². The fourth-order valence-corrected chi connectivity index (χ4v) is 4.36. The summed E-state index contributed by atoms with van der Waals surface area (Å²) in [7, 11) is 0. The number of aromatic nitrogens is 3. The van der Waals surface area contributed by atoms with Crippen LogP contribution in [0, 0.1) is 0 Å². The average Bonchev–Trinajstić information content (AvgIpc) is 3.16. The normalized spacial score (nSPS) is 10.9. The van der Waals surface area contributed by atoms with Gasteiger partial charge in [-0.05, 0) is 48.0 Å². The molecule has 1 heterocycles. The molecular weight excluding hydrogens is 526 g/mol. The van der Waals surface area contributed by atoms with Crippen LogP contribution in [0.3, 0.4) is 0 Å². The Labute approximate surface area is 215 Å². The molecule has 0 unspecified atom stereocenters. The van der Waals surface area contributed by atoms with Crippen LogP contribution in [-0.2, 0) is 17.9 Å². The molecule has 4 rings (SSSR count). The van der Waals surface area contributed by atoms with Gasteiger partial charge in [-0.15, -0.1) is 0 Å². The van der Waals surface area contributed by atoms with Crippen molar-refractivity contribution in [2.24, 2.45) is 0 Å². The van der Waals surface area contributed by atoms with Gasteiger partial charge in [-0.25, -0.2) is 0 Å². The molecule has 4 aromatic rings. The van der Waals surface area contributed by atoms with Gasteiger partial charge in [0.2, 0.25) is 5.91 Å². The van der Waals surface area contributed by atoms with Gasteiger partial charge in [-0.1, -0.05) is 76.2 Å². The van der Waals surface area contributed by atoms with Crippen molar-refractivity contribution < 1.29 is 4.79 Å². The molecular formula is C23H15Cl5N4O. The molecule has 10 heteroatoms. The maximum Gasteiger partial charge on any atom is 0.243 e. The van der Waals surface area contributed by atoms with Gasteiger partial charge in [0, 0.05) is 32.7 Å². The van der Waals surface area contributed by atoms with E-state index in [9.17, 15) is 4.79 Å². The lowest BCUT2D eigenvalue weighted by Gasteiger charge is -2.06. The first-order valence-electron chi connectivity index (χ1n) is 9.68. The van der Waals surface area contributed by atoms with E-state index in [0.29, 0.717) is 47.6 Å². The van der Waals surface area contributed by atoms with Gasteiger partial charge in [0.25, 0.3) is 0 Å². The highest BCUT2D eigenvalue weighted by Gasteiger charge is 2.21. The highest BCUT2D eigenvalue weighted by Crippen LogP contribution is 2.38. The van der Waals surface area contributed by atoms with Crippen molar-refractivity contribution in [3.05, 3.63) is 91.3 Å². The van der Waals surface area contributed by atoms with Gasteiger partial charge in [-0.2, -0.15) is 15.0 Å². The number of benzene rings is 3. The third kappa shape index (κ3) is 5.62. The predicted molar refractivity (Wildman–Crippen MR) is 134 cm³/mol. The second-order valence-corrected chi connectivity index (χ2v) is 9.14. The summed E-state index contributed by atoms with van der Waals surface area (Å²) in [4.78, 5) is 13.9. The van der Waals surface area contributed by atoms with Crippen molar-refractivity contribution in [1.82, 2.24) is 20.3 Å². The smallest absolute Gasteiger partial charge is 0.243 e. The minimum atomic E-state index is -0.285. The molecule has 1 aromatic heterocycles. The van der Waals surface area contributed by atoms with Crippen molar-refractivity contribution in [3.8, 4) is 22.5 Å². The number of amides is 1. The topological polar surface area (TPSA) is 59.8 Å². The quantitative estimate of drug-likeness (QED) is 0.281. The third-order valence-electron chi connectivity index (χ3n) is 4.75. The highest BCUT2D eigenvalue weighted by molar-refractivity contribution is 6.37. The summed E-state index contributed by atoms with van der Waals surface area (Å²) in [6.45, 7) is 0.166. The zero-order valence-corrected chi connectivity index (χ0v) is 20.6. The molecule has 1 amide bonds. The van der Waals surface area contributed by atoms with Gasteiger partial charge < -0.3 is 5.32 Å². The number of nitrogens with zero attached hydrogens (tertiary/aromatic N) is 3. The zero-order chi connectivity index (χ0) is 23.5. The number of halogens is 5. The highest BCUT2D eigenvalue weighted by atomic mass is 35.5. The largest absolute Gasteiger partial charge is 0.350 e. The van der Waals surface area contributed by atoms with Crippen LogP contribution in [0.5, 0.6) is 0 Å². The minimum Gasteiger partial charge on any atom is -0.350 e. The van der Waals surface area contributed by atoms with Gasteiger partial charge in [0.05, 0.1) is 10.0 Å². The van der Waals surface area contributed by atoms with Crippen LogP contribution in [0.25, 0.3) is 22.5 Å². The summed E-state index contributed by atoms with van der Waals surface area (Å²) >= 11 is 31.1. The first-order valence-corrected chi connectivity index (χ1v) is 11.6. The Hall–Kier alpha value is -2.28. The lowest BCUT2D eigenvalue weighted by molar-refractivity contribution is -0.122. The maximum absolute atomic E-state index is 12.6. The fourth-order valence-electron chi connectivity index (χ4n) is 3.16. The Morgan fingerprint density at radius 2 is 1.30 bits per heavy atom. The first-order chi connectivity index (χ1) is 15.8. The first kappa shape index (κ1) is 23.9. The zero-order valence-electron chi connectivity index (χ0n) is 16.8. The van der Waals surface area contributed by atoms with Gasteiger partial charge in [-0.3, -0.25) is 4.79 Å². The number of nitrogens with one attached hydrogen (secondary N) is 1. The van der Waals surface area contributed by atoms with Crippen LogP contribution >= 0.6 is 58.0 Å². The van der Waals surface area contributed by atoms with Gasteiger partial charge in [0.15, 0.2) is 0 Å². The third-order valence-corrected chi connectivity index (χ3v) is 6.21. The molecule has 0 radical (unpaired) electrons. The van der Waals surface area contributed by atoms with Crippen LogP contribution in [0.15, 0.2) is 60.7 Å². The summed E-state index contributed by atoms with van der Waals surface area (Å²) in [5.74, 6) is -0.285. The molecule has 0 aliphatic rings. The van der Waals surface area contributed by atoms with E-state index >= 15 is 0 Å². The molecule has 1 N–H and O–H groups in total. The molecule has 0 bridgehead atoms. The minimum absolute atomic E-state index is 0.117. The molecule has 5 nitrogen and oxygen atoms in total. The SMILES string of the molecule is O=C(Cn1nc(-c2ccc(Cl)cc2Cl)c(-c2ccc(Cl)cc2Cl)n1)NCc1ccccc1Cl. The standard InChI is InChI=1S/C23H15Cl5N4O/c24-14-5-7-16(19(27)9-14)22-23(17-8-6-15(25)10-20(17)28)31-32(30-22)12-21(33)29-11-13-3-1-2-4-18(13)26/h1-10H,11-12H2,(H,29,33). The second kappa shape index (κ2) is 10.3. The molecule has 33 heavy (non-hydrogen) atoms. The summed E-state index contributed by atoms with van der Waals surface area (Å²) in [5.41, 5.74) is 2.93. The Bertz CT molecular complexity index is 1270. The van der Waals surface area contributed by atoms with E-state index < -0.39 is 0 Å². The van der Waals surface area contributed by atoms with E-state index in [2.05, 4.69) is 15.5 Å². The number of hydrogen-bond acceptors (Lipinski definition) is 3. The number of carbonyl (C=O) groups is 1. The van der Waals surface area contributed by atoms with Crippen LogP contribution < -0.4 is 5.32 Å². The molecule has 0 aliphatic carbocycles. The number of hydrogen-bond donors (Lipinski definition) is 1. The Morgan fingerprint density at radius 1 is 0.758 bits per heavy atom. The molecule has 0 atom stereocenters. The fraction of sp³-hybridized carbons (Fsp3) is 0.0870. The molecule has 0 aliphatic heterocycles. The van der Waals surface area contributed by atoms with Crippen LogP contribution in [-0.4, -0.2) is 20.9 Å². The molecule has 0 saturated carbocycles. The molecule has 0 spiro atoms. The predicted octanol–water partition coefficient (Wildman–Crippen LogP) is 7.20. The van der Waals surface area contributed by atoms with E-state index in [1.54, 1.807) is 42.5 Å². The molecule has 0 fully saturated rings. The molecule has 0 saturated heterocycles. The lowest BCUT2D eigenvalue weighted by atomic mass is 10.0. The van der Waals surface area contributed by atoms with Crippen LogP contribution in [0.4, 0.5) is 0 Å². The average molecular weight is 541 g/mol. The van der Waals surface area contributed by atoms with Crippen molar-refractivity contribution in [3.63, 3.8) is 0 Å². The summed E-state index contributed by atoms with van der Waals surface area (Å²) in [6, 6.07) is 17.4. The van der Waals surface area contributed by atoms with E-state index in [4.69, 9.17) is 58.0 Å². The number of carbonyl (C=O) groups excluding carboxylic acids is 1. The summed E-state index contributed by atoms with van der Waals surface area (Å²) in [5, 5.41) is 14.2. The van der Waals surface area contributed by atoms with Crippen LogP contribution in [0.2, 0.25) is 25.1 Å². The number of rotatable bonds is 6. The van der Waals surface area contributed by atoms with Crippen molar-refractivity contribution >= 4 is 63.9 Å². The summed E-state index contributed by atoms with van der Waals surface area (Å²) in [6.07, 6.45) is 0. The lowest BCUT2D eigenvalue weighted by Crippen LogP contribution is -2.28. The van der Waals surface area contributed by atoms with Gasteiger partial charge in [0.1, 0.15) is 17.9 Å². The monoisotopic (exact) mass is 538 g/mol.